The van der Waals surface area contributed by atoms with Gasteiger partial charge in [0.05, 0.1) is 13.2 Å². The van der Waals surface area contributed by atoms with Crippen LogP contribution in [0.3, 0.4) is 0 Å². The molecule has 1 saturated heterocycles. The highest BCUT2D eigenvalue weighted by Crippen LogP contribution is 2.34. The molecule has 156 valence electrons. The number of hydrogen-bond acceptors (Lipinski definition) is 4. The van der Waals surface area contributed by atoms with Crippen molar-refractivity contribution >= 4 is 18.1 Å². The van der Waals surface area contributed by atoms with E-state index >= 15 is 0 Å². The average molecular weight is 419 g/mol. The van der Waals surface area contributed by atoms with Crippen molar-refractivity contribution in [2.24, 2.45) is 0 Å². The van der Waals surface area contributed by atoms with E-state index in [4.69, 9.17) is 17.0 Å². The number of rotatable bonds is 5. The van der Waals surface area contributed by atoms with Gasteiger partial charge < -0.3 is 15.0 Å². The van der Waals surface area contributed by atoms with Crippen molar-refractivity contribution in [1.29, 1.82) is 0 Å². The fourth-order valence-electron chi connectivity index (χ4n) is 4.57. The van der Waals surface area contributed by atoms with Crippen molar-refractivity contribution < 1.29 is 13.9 Å². The number of carbonyl (C=O) groups is 1. The third-order valence-electron chi connectivity index (χ3n) is 6.14. The molecule has 29 heavy (non-hydrogen) atoms. The highest BCUT2D eigenvalue weighted by atomic mass is 32.1. The third kappa shape index (κ3) is 4.29. The van der Waals surface area contributed by atoms with Crippen LogP contribution in [-0.2, 0) is 4.74 Å². The lowest BCUT2D eigenvalue weighted by Gasteiger charge is -2.48. The lowest BCUT2D eigenvalue weighted by atomic mass is 9.79. The molecule has 1 aromatic heterocycles. The number of imidazole rings is 1. The van der Waals surface area contributed by atoms with E-state index in [0.717, 1.165) is 39.1 Å². The zero-order valence-corrected chi connectivity index (χ0v) is 17.3. The van der Waals surface area contributed by atoms with Gasteiger partial charge in [0.2, 0.25) is 0 Å². The molecule has 2 fully saturated rings. The number of ether oxygens (including phenoxy) is 1. The van der Waals surface area contributed by atoms with Crippen LogP contribution in [0.15, 0.2) is 30.5 Å². The lowest BCUT2D eigenvalue weighted by Crippen LogP contribution is -2.59. The number of benzene rings is 1. The molecule has 1 aromatic carbocycles. The number of aromatic amines is 1. The first kappa shape index (κ1) is 20.3. The van der Waals surface area contributed by atoms with Gasteiger partial charge in [0, 0.05) is 37.1 Å². The summed E-state index contributed by atoms with van der Waals surface area (Å²) in [6.45, 7) is 3.92. The summed E-state index contributed by atoms with van der Waals surface area (Å²) < 4.78 is 20.9. The number of nitrogens with zero attached hydrogens (tertiary/aromatic N) is 2. The summed E-state index contributed by atoms with van der Waals surface area (Å²) in [5.74, 6) is -0.508. The molecule has 6 nitrogen and oxygen atoms in total. The Morgan fingerprint density at radius 3 is 2.55 bits per heavy atom. The molecule has 0 spiro atoms. The lowest BCUT2D eigenvalue weighted by molar-refractivity contribution is -0.0361. The van der Waals surface area contributed by atoms with Gasteiger partial charge in [0.15, 0.2) is 4.77 Å². The normalized spacial score (nSPS) is 19.8. The number of morpholine rings is 1. The summed E-state index contributed by atoms with van der Waals surface area (Å²) in [5.41, 5.74) is 1.07. The summed E-state index contributed by atoms with van der Waals surface area (Å²) in [6, 6.07) is 5.96. The van der Waals surface area contributed by atoms with Crippen molar-refractivity contribution in [2.45, 2.75) is 37.6 Å². The summed E-state index contributed by atoms with van der Waals surface area (Å²) in [4.78, 5) is 18.5. The van der Waals surface area contributed by atoms with Crippen LogP contribution < -0.4 is 5.32 Å². The Hall–Kier alpha value is -2.03. The number of carbonyl (C=O) groups excluding carboxylic acids is 1. The molecule has 8 heteroatoms. The van der Waals surface area contributed by atoms with Crippen LogP contribution in [0, 0.1) is 10.6 Å². The first-order valence-corrected chi connectivity index (χ1v) is 10.7. The van der Waals surface area contributed by atoms with E-state index in [1.165, 1.54) is 31.4 Å². The second kappa shape index (κ2) is 8.77. The first-order chi connectivity index (χ1) is 14.1. The van der Waals surface area contributed by atoms with Crippen LogP contribution in [0.25, 0.3) is 5.69 Å². The molecule has 1 aliphatic heterocycles. The fraction of sp³-hybridized carbons (Fsp3) is 0.524. The van der Waals surface area contributed by atoms with Gasteiger partial charge in [-0.2, -0.15) is 0 Å². The summed E-state index contributed by atoms with van der Waals surface area (Å²) in [6.07, 6.45) is 7.41. The molecule has 0 atom stereocenters. The number of halogens is 1. The smallest absolute Gasteiger partial charge is 0.269 e. The molecule has 2 heterocycles. The van der Waals surface area contributed by atoms with E-state index in [0.29, 0.717) is 22.7 Å². The maximum atomic E-state index is 13.3. The van der Waals surface area contributed by atoms with Crippen LogP contribution in [0.1, 0.15) is 42.6 Å². The predicted molar refractivity (Wildman–Crippen MR) is 111 cm³/mol. The molecular formula is C21H27FN4O2S. The van der Waals surface area contributed by atoms with E-state index in [1.54, 1.807) is 22.9 Å². The van der Waals surface area contributed by atoms with Crippen molar-refractivity contribution in [2.75, 3.05) is 32.8 Å². The molecule has 0 radical (unpaired) electrons. The van der Waals surface area contributed by atoms with Crippen molar-refractivity contribution in [3.05, 3.63) is 46.7 Å². The van der Waals surface area contributed by atoms with Crippen molar-refractivity contribution in [3.8, 4) is 5.69 Å². The Morgan fingerprint density at radius 2 is 1.86 bits per heavy atom. The highest BCUT2D eigenvalue weighted by Gasteiger charge is 2.39. The molecule has 1 amide bonds. The molecule has 1 saturated carbocycles. The highest BCUT2D eigenvalue weighted by molar-refractivity contribution is 7.71. The minimum atomic E-state index is -0.327. The Bertz CT molecular complexity index is 896. The monoisotopic (exact) mass is 418 g/mol. The minimum absolute atomic E-state index is 0.00844. The Kier molecular flexibility index (Phi) is 6.12. The van der Waals surface area contributed by atoms with Crippen LogP contribution in [-0.4, -0.2) is 58.7 Å². The van der Waals surface area contributed by atoms with E-state index in [-0.39, 0.29) is 17.3 Å². The van der Waals surface area contributed by atoms with Gasteiger partial charge in [-0.05, 0) is 49.3 Å². The predicted octanol–water partition coefficient (Wildman–Crippen LogP) is 3.44. The third-order valence-corrected chi connectivity index (χ3v) is 6.44. The second-order valence-electron chi connectivity index (χ2n) is 7.86. The maximum absolute atomic E-state index is 13.3. The van der Waals surface area contributed by atoms with E-state index < -0.39 is 0 Å². The van der Waals surface area contributed by atoms with E-state index in [9.17, 15) is 9.18 Å². The van der Waals surface area contributed by atoms with Crippen molar-refractivity contribution in [3.63, 3.8) is 0 Å². The number of amides is 1. The van der Waals surface area contributed by atoms with Gasteiger partial charge in [0.1, 0.15) is 11.5 Å². The summed E-state index contributed by atoms with van der Waals surface area (Å²) in [5, 5.41) is 3.16. The largest absolute Gasteiger partial charge is 0.379 e. The molecule has 2 N–H and O–H groups in total. The zero-order chi connectivity index (χ0) is 20.3. The quantitative estimate of drug-likeness (QED) is 0.731. The molecule has 4 rings (SSSR count). The Morgan fingerprint density at radius 1 is 1.17 bits per heavy atom. The first-order valence-electron chi connectivity index (χ1n) is 10.3. The van der Waals surface area contributed by atoms with Gasteiger partial charge in [-0.3, -0.25) is 14.3 Å². The zero-order valence-electron chi connectivity index (χ0n) is 16.5. The van der Waals surface area contributed by atoms with Crippen LogP contribution in [0.4, 0.5) is 4.39 Å². The summed E-state index contributed by atoms with van der Waals surface area (Å²) >= 11 is 5.35. The molecule has 2 aliphatic rings. The van der Waals surface area contributed by atoms with Crippen LogP contribution in [0.2, 0.25) is 0 Å². The van der Waals surface area contributed by atoms with Gasteiger partial charge in [0.25, 0.3) is 5.91 Å². The molecule has 0 unspecified atom stereocenters. The summed E-state index contributed by atoms with van der Waals surface area (Å²) in [7, 11) is 0. The fourth-order valence-corrected chi connectivity index (χ4v) is 4.83. The van der Waals surface area contributed by atoms with Gasteiger partial charge >= 0.3 is 0 Å². The molecule has 1 aliphatic carbocycles. The Labute approximate surface area is 175 Å². The van der Waals surface area contributed by atoms with Gasteiger partial charge in [-0.15, -0.1) is 0 Å². The second-order valence-corrected chi connectivity index (χ2v) is 8.24. The van der Waals surface area contributed by atoms with Gasteiger partial charge in [-0.25, -0.2) is 4.39 Å². The number of hydrogen-bond donors (Lipinski definition) is 2. The van der Waals surface area contributed by atoms with Crippen LogP contribution >= 0.6 is 12.2 Å². The number of aromatic nitrogens is 2. The van der Waals surface area contributed by atoms with E-state index in [2.05, 4.69) is 15.2 Å². The standard InChI is InChI=1S/C21H27FN4O2S/c22-16-4-6-17(7-5-16)26-18(14-23-20(26)29)19(27)24-15-21(8-2-1-3-9-21)25-10-12-28-13-11-25/h4-7,14H,1-3,8-13,15H2,(H,23,29)(H,24,27). The topological polar surface area (TPSA) is 62.3 Å². The molecule has 0 bridgehead atoms. The molecule has 2 aromatic rings. The SMILES string of the molecule is O=C(NCC1(N2CCOCC2)CCCCC1)c1c[nH]c(=S)n1-c1ccc(F)cc1. The average Bonchev–Trinajstić information content (AvgIpc) is 3.15. The minimum Gasteiger partial charge on any atom is -0.379 e. The number of H-pyrrole nitrogens is 1. The van der Waals surface area contributed by atoms with Gasteiger partial charge in [-0.1, -0.05) is 19.3 Å². The Balaban J connectivity index is 1.53. The maximum Gasteiger partial charge on any atom is 0.269 e. The van der Waals surface area contributed by atoms with Crippen LogP contribution in [0.5, 0.6) is 0 Å². The van der Waals surface area contributed by atoms with Crippen molar-refractivity contribution in [1.82, 2.24) is 19.8 Å². The van der Waals surface area contributed by atoms with E-state index in [1.807, 2.05) is 0 Å². The number of nitrogens with one attached hydrogen (secondary N) is 2. The molecular weight excluding hydrogens is 391 g/mol.